The first kappa shape index (κ1) is 22.6. The number of benzene rings is 1. The number of carbonyl (C=O) groups excluding carboxylic acids is 3. The summed E-state index contributed by atoms with van der Waals surface area (Å²) in [5.41, 5.74) is 6.06. The minimum atomic E-state index is -1.08. The van der Waals surface area contributed by atoms with Crippen LogP contribution in [-0.4, -0.2) is 42.7 Å². The fraction of sp³-hybridized carbons (Fsp3) is 0.300. The second-order valence-electron chi connectivity index (χ2n) is 5.76. The molecule has 0 radical (unpaired) electrons. The first-order valence-electron chi connectivity index (χ1n) is 9.20. The SMILES string of the molecule is CCOC(=O)c1cnc(OC(=O)NC(=O)CN)c(OCc2ccc(OCC)cc2)c1. The van der Waals surface area contributed by atoms with Crippen molar-refractivity contribution in [2.75, 3.05) is 19.8 Å². The predicted molar refractivity (Wildman–Crippen MR) is 105 cm³/mol. The predicted octanol–water partition coefficient (Wildman–Crippen LogP) is 1.81. The zero-order valence-corrected chi connectivity index (χ0v) is 16.7. The average Bonchev–Trinajstić information content (AvgIpc) is 2.74. The summed E-state index contributed by atoms with van der Waals surface area (Å²) >= 11 is 0. The molecule has 0 bridgehead atoms. The number of carbonyl (C=O) groups is 3. The highest BCUT2D eigenvalue weighted by Crippen LogP contribution is 2.27. The van der Waals surface area contributed by atoms with E-state index in [1.807, 2.05) is 12.2 Å². The van der Waals surface area contributed by atoms with Gasteiger partial charge in [-0.2, -0.15) is 0 Å². The molecule has 0 aliphatic rings. The number of amides is 2. The van der Waals surface area contributed by atoms with Crippen molar-refractivity contribution in [2.45, 2.75) is 20.5 Å². The molecule has 1 aromatic heterocycles. The van der Waals surface area contributed by atoms with Crippen LogP contribution in [0.5, 0.6) is 17.4 Å². The van der Waals surface area contributed by atoms with Crippen molar-refractivity contribution < 1.29 is 33.3 Å². The molecule has 0 aliphatic heterocycles. The summed E-state index contributed by atoms with van der Waals surface area (Å²) in [4.78, 5) is 39.0. The highest BCUT2D eigenvalue weighted by atomic mass is 16.6. The minimum Gasteiger partial charge on any atom is -0.494 e. The Morgan fingerprint density at radius 1 is 1.07 bits per heavy atom. The molecule has 0 atom stereocenters. The van der Waals surface area contributed by atoms with Crippen LogP contribution < -0.4 is 25.3 Å². The number of hydrogen-bond acceptors (Lipinski definition) is 9. The minimum absolute atomic E-state index is 0.0183. The number of imide groups is 1. The van der Waals surface area contributed by atoms with Crippen molar-refractivity contribution in [2.24, 2.45) is 5.73 Å². The van der Waals surface area contributed by atoms with Gasteiger partial charge in [0.25, 0.3) is 5.88 Å². The smallest absolute Gasteiger partial charge is 0.420 e. The van der Waals surface area contributed by atoms with Gasteiger partial charge in [-0.15, -0.1) is 0 Å². The van der Waals surface area contributed by atoms with E-state index in [2.05, 4.69) is 4.98 Å². The summed E-state index contributed by atoms with van der Waals surface area (Å²) in [6, 6.07) is 8.53. The van der Waals surface area contributed by atoms with Crippen molar-refractivity contribution in [1.82, 2.24) is 10.3 Å². The summed E-state index contributed by atoms with van der Waals surface area (Å²) in [5, 5.41) is 1.93. The standard InChI is InChI=1S/C20H23N3O7/c1-3-27-15-7-5-13(6-8-15)12-29-16-9-14(19(25)28-4-2)11-22-18(16)30-20(26)23-17(24)10-21/h5-9,11H,3-4,10,12,21H2,1-2H3,(H,23,24,26). The van der Waals surface area contributed by atoms with Crippen LogP contribution in [0.3, 0.4) is 0 Å². The van der Waals surface area contributed by atoms with Crippen LogP contribution in [-0.2, 0) is 16.1 Å². The molecule has 30 heavy (non-hydrogen) atoms. The molecule has 2 amide bonds. The van der Waals surface area contributed by atoms with E-state index in [1.54, 1.807) is 31.2 Å². The van der Waals surface area contributed by atoms with Crippen LogP contribution in [0, 0.1) is 0 Å². The zero-order valence-electron chi connectivity index (χ0n) is 16.7. The van der Waals surface area contributed by atoms with Crippen LogP contribution in [0.1, 0.15) is 29.8 Å². The van der Waals surface area contributed by atoms with Crippen molar-refractivity contribution in [3.8, 4) is 17.4 Å². The van der Waals surface area contributed by atoms with E-state index < -0.39 is 18.0 Å². The van der Waals surface area contributed by atoms with Crippen molar-refractivity contribution in [1.29, 1.82) is 0 Å². The molecule has 2 aromatic rings. The van der Waals surface area contributed by atoms with E-state index >= 15 is 0 Å². The van der Waals surface area contributed by atoms with E-state index in [0.29, 0.717) is 6.61 Å². The number of pyridine rings is 1. The molecule has 10 heteroatoms. The Bertz CT molecular complexity index is 884. The highest BCUT2D eigenvalue weighted by Gasteiger charge is 2.18. The van der Waals surface area contributed by atoms with Crippen LogP contribution >= 0.6 is 0 Å². The van der Waals surface area contributed by atoms with Gasteiger partial charge in [0.2, 0.25) is 5.91 Å². The molecule has 0 spiro atoms. The Hall–Kier alpha value is -3.66. The van der Waals surface area contributed by atoms with Crippen molar-refractivity contribution in [3.05, 3.63) is 47.7 Å². The lowest BCUT2D eigenvalue weighted by Crippen LogP contribution is -2.37. The lowest BCUT2D eigenvalue weighted by atomic mass is 10.2. The number of rotatable bonds is 9. The quantitative estimate of drug-likeness (QED) is 0.585. The molecule has 2 rings (SSSR count). The summed E-state index contributed by atoms with van der Waals surface area (Å²) in [7, 11) is 0. The molecule has 1 heterocycles. The first-order valence-corrected chi connectivity index (χ1v) is 9.20. The molecule has 0 saturated heterocycles. The zero-order chi connectivity index (χ0) is 21.9. The second kappa shape index (κ2) is 11.4. The van der Waals surface area contributed by atoms with Gasteiger partial charge in [-0.3, -0.25) is 10.1 Å². The van der Waals surface area contributed by atoms with Gasteiger partial charge in [-0.1, -0.05) is 12.1 Å². The molecule has 10 nitrogen and oxygen atoms in total. The fourth-order valence-corrected chi connectivity index (χ4v) is 2.23. The van der Waals surface area contributed by atoms with Gasteiger partial charge in [0.05, 0.1) is 25.3 Å². The number of aromatic nitrogens is 1. The topological polar surface area (TPSA) is 139 Å². The maximum absolute atomic E-state index is 12.0. The molecular weight excluding hydrogens is 394 g/mol. The van der Waals surface area contributed by atoms with Crippen LogP contribution in [0.4, 0.5) is 4.79 Å². The van der Waals surface area contributed by atoms with Crippen molar-refractivity contribution >= 4 is 18.0 Å². The van der Waals surface area contributed by atoms with Gasteiger partial charge in [-0.25, -0.2) is 14.6 Å². The normalized spacial score (nSPS) is 10.1. The number of esters is 1. The number of nitrogens with one attached hydrogen (secondary N) is 1. The highest BCUT2D eigenvalue weighted by molar-refractivity contribution is 5.93. The van der Waals surface area contributed by atoms with Gasteiger partial charge in [0.15, 0.2) is 5.75 Å². The summed E-state index contributed by atoms with van der Waals surface area (Å²) in [6.07, 6.45) is 0.0995. The van der Waals surface area contributed by atoms with E-state index in [0.717, 1.165) is 11.3 Å². The number of nitrogens with zero attached hydrogens (tertiary/aromatic N) is 1. The molecular formula is C20H23N3O7. The Kier molecular flexibility index (Phi) is 8.57. The van der Waals surface area contributed by atoms with Gasteiger partial charge >= 0.3 is 12.1 Å². The van der Waals surface area contributed by atoms with Gasteiger partial charge in [-0.05, 0) is 31.5 Å². The maximum atomic E-state index is 12.0. The van der Waals surface area contributed by atoms with E-state index in [9.17, 15) is 14.4 Å². The van der Waals surface area contributed by atoms with E-state index in [-0.39, 0.29) is 37.0 Å². The summed E-state index contributed by atoms with van der Waals surface area (Å²) in [5.74, 6) is -0.816. The molecule has 3 N–H and O–H groups in total. The molecule has 160 valence electrons. The third kappa shape index (κ3) is 6.74. The van der Waals surface area contributed by atoms with Crippen LogP contribution in [0.2, 0.25) is 0 Å². The molecule has 0 saturated carbocycles. The number of ether oxygens (including phenoxy) is 4. The lowest BCUT2D eigenvalue weighted by Gasteiger charge is -2.12. The van der Waals surface area contributed by atoms with Gasteiger partial charge in [0, 0.05) is 12.3 Å². The molecule has 1 aromatic carbocycles. The van der Waals surface area contributed by atoms with Gasteiger partial charge in [0.1, 0.15) is 12.4 Å². The molecule has 0 unspecified atom stereocenters. The lowest BCUT2D eigenvalue weighted by molar-refractivity contribution is -0.118. The second-order valence-corrected chi connectivity index (χ2v) is 5.76. The first-order chi connectivity index (χ1) is 14.5. The molecule has 0 aliphatic carbocycles. The van der Waals surface area contributed by atoms with Gasteiger partial charge < -0.3 is 24.7 Å². The Balaban J connectivity index is 2.18. The Morgan fingerprint density at radius 3 is 2.43 bits per heavy atom. The average molecular weight is 417 g/mol. The monoisotopic (exact) mass is 417 g/mol. The number of nitrogens with two attached hydrogens (primary N) is 1. The van der Waals surface area contributed by atoms with E-state index in [1.165, 1.54) is 12.3 Å². The third-order valence-electron chi connectivity index (χ3n) is 3.57. The maximum Gasteiger partial charge on any atom is 0.420 e. The van der Waals surface area contributed by atoms with Crippen LogP contribution in [0.15, 0.2) is 36.5 Å². The largest absolute Gasteiger partial charge is 0.494 e. The van der Waals surface area contributed by atoms with E-state index in [4.69, 9.17) is 24.7 Å². The number of hydrogen-bond donors (Lipinski definition) is 2. The van der Waals surface area contributed by atoms with Crippen molar-refractivity contribution in [3.63, 3.8) is 0 Å². The molecule has 0 fully saturated rings. The third-order valence-corrected chi connectivity index (χ3v) is 3.57. The fourth-order valence-electron chi connectivity index (χ4n) is 2.23. The summed E-state index contributed by atoms with van der Waals surface area (Å²) in [6.45, 7) is 4.01. The Labute approximate surface area is 173 Å². The van der Waals surface area contributed by atoms with Crippen LogP contribution in [0.25, 0.3) is 0 Å². The Morgan fingerprint density at radius 2 is 1.80 bits per heavy atom. The summed E-state index contributed by atoms with van der Waals surface area (Å²) < 4.78 is 21.0.